The lowest BCUT2D eigenvalue weighted by molar-refractivity contribution is -0.141. The van der Waals surface area contributed by atoms with Crippen LogP contribution in [-0.4, -0.2) is 60.8 Å². The first-order chi connectivity index (χ1) is 10.9. The second-order valence-electron chi connectivity index (χ2n) is 4.40. The van der Waals surface area contributed by atoms with Crippen LogP contribution in [0.3, 0.4) is 0 Å². The van der Waals surface area contributed by atoms with E-state index in [9.17, 15) is 9.90 Å². The van der Waals surface area contributed by atoms with E-state index >= 15 is 0 Å². The van der Waals surface area contributed by atoms with E-state index in [0.29, 0.717) is 0 Å². The smallest absolute Gasteiger partial charge is 0.336 e. The highest BCUT2D eigenvalue weighted by atomic mass is 35.5. The molecule has 0 radical (unpaired) electrons. The van der Waals surface area contributed by atoms with E-state index in [1.165, 1.54) is 7.11 Å². The topological polar surface area (TPSA) is 92.2 Å². The third kappa shape index (κ3) is 6.09. The van der Waals surface area contributed by atoms with Gasteiger partial charge in [0.2, 0.25) is 0 Å². The van der Waals surface area contributed by atoms with Gasteiger partial charge in [0.15, 0.2) is 11.3 Å². The van der Waals surface area contributed by atoms with Crippen molar-refractivity contribution in [3.8, 4) is 12.3 Å². The Kier molecular flexibility index (Phi) is 8.52. The molecule has 0 bridgehead atoms. The van der Waals surface area contributed by atoms with Crippen molar-refractivity contribution >= 4 is 46.1 Å². The molecule has 1 aliphatic rings. The number of ether oxygens (including phenoxy) is 2. The number of aliphatic imine (C=N–C) groups is 1. The first-order valence-corrected chi connectivity index (χ1v) is 7.74. The predicted molar refractivity (Wildman–Crippen MR) is 88.4 cm³/mol. The summed E-state index contributed by atoms with van der Waals surface area (Å²) >= 11 is 17.4. The molecule has 23 heavy (non-hydrogen) atoms. The molecule has 0 saturated carbocycles. The normalized spacial score (nSPS) is 20.0. The van der Waals surface area contributed by atoms with Crippen LogP contribution >= 0.6 is 34.8 Å². The molecule has 10 heteroatoms. The number of hydrogen-bond acceptors (Lipinski definition) is 7. The highest BCUT2D eigenvalue weighted by Gasteiger charge is 2.30. The van der Waals surface area contributed by atoms with Crippen LogP contribution in [0.5, 0.6) is 0 Å². The Morgan fingerprint density at radius 3 is 2.83 bits per heavy atom. The number of rotatable bonds is 8. The van der Waals surface area contributed by atoms with E-state index in [4.69, 9.17) is 46.0 Å². The molecule has 0 fully saturated rings. The highest BCUT2D eigenvalue weighted by molar-refractivity contribution is 6.65. The average Bonchev–Trinajstić information content (AvgIpc) is 2.55. The number of aliphatic hydroxyl groups excluding tert-OH is 1. The molecule has 1 aliphatic heterocycles. The fourth-order valence-electron chi connectivity index (χ4n) is 1.55. The van der Waals surface area contributed by atoms with Crippen LogP contribution < -0.4 is 10.6 Å². The van der Waals surface area contributed by atoms with Crippen molar-refractivity contribution in [1.29, 1.82) is 0 Å². The Morgan fingerprint density at radius 2 is 2.26 bits per heavy atom. The van der Waals surface area contributed by atoms with Gasteiger partial charge in [0, 0.05) is 0 Å². The highest BCUT2D eigenvalue weighted by Crippen LogP contribution is 2.20. The van der Waals surface area contributed by atoms with Gasteiger partial charge in [-0.05, 0) is 11.6 Å². The second kappa shape index (κ2) is 9.85. The zero-order valence-electron chi connectivity index (χ0n) is 12.2. The summed E-state index contributed by atoms with van der Waals surface area (Å²) in [7, 11) is 1.21. The van der Waals surface area contributed by atoms with Crippen molar-refractivity contribution in [2.45, 2.75) is 18.2 Å². The number of aliphatic hydroxyl groups is 1. The molecule has 2 unspecified atom stereocenters. The first kappa shape index (κ1) is 19.9. The first-order valence-electron chi connectivity index (χ1n) is 6.45. The minimum absolute atomic E-state index is 0.0383. The molecule has 0 amide bonds. The van der Waals surface area contributed by atoms with E-state index in [0.717, 1.165) is 0 Å². The van der Waals surface area contributed by atoms with Crippen LogP contribution in [0.15, 0.2) is 15.8 Å². The molecule has 3 N–H and O–H groups in total. The predicted octanol–water partition coefficient (Wildman–Crippen LogP) is 0.342. The van der Waals surface area contributed by atoms with E-state index in [2.05, 4.69) is 26.3 Å². The van der Waals surface area contributed by atoms with Gasteiger partial charge in [0.25, 0.3) is 0 Å². The summed E-state index contributed by atoms with van der Waals surface area (Å²) in [6.45, 7) is 0.119. The maximum Gasteiger partial charge on any atom is 0.336 e. The van der Waals surface area contributed by atoms with Gasteiger partial charge in [0.1, 0.15) is 11.9 Å². The number of terminal acetylenes is 1. The lowest BCUT2D eigenvalue weighted by atomic mass is 10.2. The summed E-state index contributed by atoms with van der Waals surface area (Å²) in [4.78, 5) is 15.5. The number of nitrogens with zero attached hydrogens (tertiary/aromatic N) is 1. The monoisotopic (exact) mass is 383 g/mol. The van der Waals surface area contributed by atoms with E-state index in [-0.39, 0.29) is 35.2 Å². The zero-order chi connectivity index (χ0) is 17.4. The molecule has 128 valence electrons. The quantitative estimate of drug-likeness (QED) is 0.242. The maximum atomic E-state index is 11.6. The number of nitrogens with one attached hydrogen (secondary N) is 2. The number of hydrogen-bond donors (Lipinski definition) is 3. The summed E-state index contributed by atoms with van der Waals surface area (Å²) in [5, 5.41) is 14.9. The number of alkyl halides is 1. The fourth-order valence-corrected chi connectivity index (χ4v) is 2.07. The van der Waals surface area contributed by atoms with Crippen LogP contribution in [0, 0.1) is 12.3 Å². The molecular formula is C13H16Cl3N3O4. The van der Waals surface area contributed by atoms with Gasteiger partial charge in [-0.25, -0.2) is 9.79 Å². The van der Waals surface area contributed by atoms with Crippen LogP contribution in [0.25, 0.3) is 0 Å². The third-order valence-corrected chi connectivity index (χ3v) is 3.61. The third-order valence-electron chi connectivity index (χ3n) is 2.67. The van der Waals surface area contributed by atoms with Gasteiger partial charge >= 0.3 is 5.97 Å². The summed E-state index contributed by atoms with van der Waals surface area (Å²) in [5.41, 5.74) is 0. The largest absolute Gasteiger partial charge is 0.467 e. The van der Waals surface area contributed by atoms with E-state index in [1.54, 1.807) is 0 Å². The summed E-state index contributed by atoms with van der Waals surface area (Å²) in [5.74, 6) is 2.08. The molecule has 0 spiro atoms. The van der Waals surface area contributed by atoms with Crippen molar-refractivity contribution in [2.75, 3.05) is 26.2 Å². The van der Waals surface area contributed by atoms with Crippen LogP contribution in [0.4, 0.5) is 0 Å². The number of carbonyl (C=O) groups excluding carboxylic acids is 1. The molecule has 1 heterocycles. The van der Waals surface area contributed by atoms with Crippen LogP contribution in [0.1, 0.15) is 0 Å². The molecule has 0 saturated heterocycles. The van der Waals surface area contributed by atoms with Crippen LogP contribution in [0.2, 0.25) is 0 Å². The van der Waals surface area contributed by atoms with Gasteiger partial charge in [-0.15, -0.1) is 18.0 Å². The standard InChI is InChI=1S/C13H16Cl3N3O4/c1-3-7(5-23-6-8(20)4-14)17-11-9(15)10(12(21)22-2)18-13(16)19-11/h1,7-8,10,17,20H,4-6H2,2H3,(H,18,19)/t7-,8?,10?/m0/s1. The molecule has 0 aliphatic carbocycles. The fraction of sp³-hybridized carbons (Fsp3) is 0.538. The Morgan fingerprint density at radius 1 is 1.57 bits per heavy atom. The molecular weight excluding hydrogens is 369 g/mol. The molecule has 3 atom stereocenters. The van der Waals surface area contributed by atoms with Crippen molar-refractivity contribution in [3.05, 3.63) is 10.9 Å². The number of halogens is 3. The Hall–Kier alpha value is -1.17. The van der Waals surface area contributed by atoms with Gasteiger partial charge in [-0.3, -0.25) is 0 Å². The minimum Gasteiger partial charge on any atom is -0.467 e. The molecule has 0 aromatic carbocycles. The number of esters is 1. The maximum absolute atomic E-state index is 11.6. The van der Waals surface area contributed by atoms with Gasteiger partial charge in [0.05, 0.1) is 37.3 Å². The zero-order valence-corrected chi connectivity index (χ0v) is 14.5. The average molecular weight is 385 g/mol. The van der Waals surface area contributed by atoms with E-state index < -0.39 is 24.2 Å². The van der Waals surface area contributed by atoms with Crippen molar-refractivity contribution in [1.82, 2.24) is 10.6 Å². The lowest BCUT2D eigenvalue weighted by Gasteiger charge is -2.24. The van der Waals surface area contributed by atoms with Gasteiger partial charge in [-0.1, -0.05) is 17.5 Å². The van der Waals surface area contributed by atoms with Gasteiger partial charge < -0.3 is 25.2 Å². The Labute approximate surface area is 149 Å². The minimum atomic E-state index is -1.07. The lowest BCUT2D eigenvalue weighted by Crippen LogP contribution is -2.43. The summed E-state index contributed by atoms with van der Waals surface area (Å²) in [6, 6.07) is -1.66. The Balaban J connectivity index is 2.72. The molecule has 7 nitrogen and oxygen atoms in total. The molecule has 1 rings (SSSR count). The summed E-state index contributed by atoms with van der Waals surface area (Å²) < 4.78 is 9.86. The van der Waals surface area contributed by atoms with Crippen molar-refractivity contribution in [2.24, 2.45) is 4.99 Å². The second-order valence-corrected chi connectivity index (χ2v) is 5.48. The van der Waals surface area contributed by atoms with Crippen LogP contribution in [-0.2, 0) is 14.3 Å². The summed E-state index contributed by atoms with van der Waals surface area (Å²) in [6.07, 6.45) is 4.63. The molecule has 0 aromatic heterocycles. The molecule has 0 aromatic rings. The number of methoxy groups -OCH3 is 1. The van der Waals surface area contributed by atoms with Gasteiger partial charge in [-0.2, -0.15) is 0 Å². The SMILES string of the molecule is C#C[C@@H](COCC(O)CCl)NC1=C(Cl)C(C(=O)OC)N=C(Cl)N1. The Bertz CT molecular complexity index is 533. The number of amidine groups is 1. The van der Waals surface area contributed by atoms with E-state index in [1.807, 2.05) is 0 Å². The van der Waals surface area contributed by atoms with Crippen molar-refractivity contribution < 1.29 is 19.4 Å². The van der Waals surface area contributed by atoms with Crippen molar-refractivity contribution in [3.63, 3.8) is 0 Å². The number of carbonyl (C=O) groups is 1.